The summed E-state index contributed by atoms with van der Waals surface area (Å²) in [5.41, 5.74) is 5.21. The fourth-order valence-electron chi connectivity index (χ4n) is 4.14. The zero-order valence-corrected chi connectivity index (χ0v) is 23.9. The zero-order chi connectivity index (χ0) is 32.0. The number of carboxylic acid groups (broad SMARTS) is 1. The number of nitrogen functional groups attached to an aromatic ring is 1. The molecule has 44 heavy (non-hydrogen) atoms. The van der Waals surface area contributed by atoms with E-state index in [2.05, 4.69) is 26.1 Å². The Hall–Kier alpha value is -5.65. The van der Waals surface area contributed by atoms with E-state index in [1.807, 2.05) is 0 Å². The standard InChI is InChI=1S/C26H28N8O9S/c1-33-16(10-29-26(41)28-9-14-8-17(35)18(36)11-34(14)42)21(23(33)38)31-22(37)20(15-12-44-25(27)30-15)32-43-19(24(39)40)7-13-5-3-2-4-6-13/h2-6,8,11-12,16,19,21,36,42H,7,9-10H2,1H3,(H2,27,30)(H,31,37)(H,39,40)(H2,28,29,41)/b32-20-/t16-,19+,21+/m1/s1. The van der Waals surface area contributed by atoms with Crippen molar-refractivity contribution in [1.82, 2.24) is 30.6 Å². The molecule has 0 radical (unpaired) electrons. The van der Waals surface area contributed by atoms with Gasteiger partial charge in [0.15, 0.2) is 16.6 Å². The minimum atomic E-state index is -1.44. The average molecular weight is 629 g/mol. The molecule has 0 bridgehead atoms. The van der Waals surface area contributed by atoms with Gasteiger partial charge in [0.25, 0.3) is 5.91 Å². The minimum absolute atomic E-state index is 0.000352. The van der Waals surface area contributed by atoms with Crippen LogP contribution in [0.25, 0.3) is 0 Å². The lowest BCUT2D eigenvalue weighted by atomic mass is 9.95. The number of likely N-dealkylation sites (tertiary alicyclic amines) is 1. The first kappa shape index (κ1) is 31.3. The number of rotatable bonds is 12. The third-order valence-electron chi connectivity index (χ3n) is 6.56. The summed E-state index contributed by atoms with van der Waals surface area (Å²) in [6.07, 6.45) is -0.698. The van der Waals surface area contributed by atoms with Gasteiger partial charge < -0.3 is 46.8 Å². The predicted octanol–water partition coefficient (Wildman–Crippen LogP) is -0.929. The number of aromatic hydroxyl groups is 1. The van der Waals surface area contributed by atoms with Gasteiger partial charge in [0.05, 0.1) is 24.5 Å². The maximum atomic E-state index is 13.3. The molecule has 0 spiro atoms. The van der Waals surface area contributed by atoms with Crippen molar-refractivity contribution in [2.45, 2.75) is 31.2 Å². The number of likely N-dealkylation sites (N-methyl/N-ethyl adjacent to an activating group) is 1. The lowest BCUT2D eigenvalue weighted by molar-refractivity contribution is -0.150. The number of amides is 4. The molecule has 0 saturated carbocycles. The summed E-state index contributed by atoms with van der Waals surface area (Å²) in [6, 6.07) is 7.12. The van der Waals surface area contributed by atoms with Gasteiger partial charge in [0.1, 0.15) is 11.7 Å². The minimum Gasteiger partial charge on any atom is -0.503 e. The van der Waals surface area contributed by atoms with Crippen LogP contribution in [-0.2, 0) is 32.2 Å². The van der Waals surface area contributed by atoms with Crippen LogP contribution >= 0.6 is 11.3 Å². The van der Waals surface area contributed by atoms with E-state index in [0.29, 0.717) is 10.3 Å². The lowest BCUT2D eigenvalue weighted by Gasteiger charge is -2.45. The molecule has 2 aromatic heterocycles. The van der Waals surface area contributed by atoms with Crippen LogP contribution in [0.3, 0.4) is 0 Å². The second kappa shape index (κ2) is 13.6. The van der Waals surface area contributed by atoms with Gasteiger partial charge >= 0.3 is 12.0 Å². The second-order valence-electron chi connectivity index (χ2n) is 9.52. The first-order valence-corrected chi connectivity index (χ1v) is 13.8. The number of nitrogens with one attached hydrogen (secondary N) is 3. The number of β-lactam (4-membered cyclic amide) rings is 1. The van der Waals surface area contributed by atoms with Gasteiger partial charge in [-0.1, -0.05) is 35.5 Å². The van der Waals surface area contributed by atoms with E-state index < -0.39 is 58.9 Å². The van der Waals surface area contributed by atoms with Crippen molar-refractivity contribution < 1.29 is 39.4 Å². The van der Waals surface area contributed by atoms with E-state index in [1.54, 1.807) is 30.3 Å². The Balaban J connectivity index is 1.41. The third-order valence-corrected chi connectivity index (χ3v) is 7.24. The maximum Gasteiger partial charge on any atom is 0.348 e. The van der Waals surface area contributed by atoms with Crippen LogP contribution in [0.5, 0.6) is 5.75 Å². The van der Waals surface area contributed by atoms with Crippen molar-refractivity contribution in [3.8, 4) is 5.75 Å². The highest BCUT2D eigenvalue weighted by Gasteiger charge is 2.46. The van der Waals surface area contributed by atoms with Crippen molar-refractivity contribution in [2.24, 2.45) is 5.16 Å². The molecular weight excluding hydrogens is 600 g/mol. The third kappa shape index (κ3) is 7.40. The Labute approximate surface area is 252 Å². The Morgan fingerprint density at radius 2 is 1.93 bits per heavy atom. The normalized spacial score (nSPS) is 16.9. The monoisotopic (exact) mass is 628 g/mol. The van der Waals surface area contributed by atoms with Crippen LogP contribution in [0, 0.1) is 0 Å². The van der Waals surface area contributed by atoms with E-state index >= 15 is 0 Å². The highest BCUT2D eigenvalue weighted by Crippen LogP contribution is 2.19. The summed E-state index contributed by atoms with van der Waals surface area (Å²) < 4.78 is 0.486. The molecule has 18 heteroatoms. The van der Waals surface area contributed by atoms with Crippen LogP contribution < -0.4 is 27.1 Å². The maximum absolute atomic E-state index is 13.3. The SMILES string of the molecule is CN1C(=O)[C@@H](NC(=O)/C(=N\O[C@@H](Cc2ccccc2)C(=O)O)c2csc(N)n2)[C@H]1CNC(=O)NCc1cc(=O)c(O)cn1O. The van der Waals surface area contributed by atoms with E-state index in [9.17, 15) is 39.4 Å². The topological polar surface area (TPSA) is 251 Å². The molecule has 1 aromatic carbocycles. The number of pyridine rings is 1. The molecule has 1 aliphatic heterocycles. The number of oxime groups is 1. The number of nitrogens with two attached hydrogens (primary N) is 1. The highest BCUT2D eigenvalue weighted by molar-refractivity contribution is 7.13. The van der Waals surface area contributed by atoms with Crippen LogP contribution in [0.15, 0.2) is 57.9 Å². The molecule has 3 atom stereocenters. The number of carbonyl (C=O) groups is 4. The largest absolute Gasteiger partial charge is 0.503 e. The summed E-state index contributed by atoms with van der Waals surface area (Å²) in [5.74, 6) is -3.35. The zero-order valence-electron chi connectivity index (χ0n) is 23.0. The number of aliphatic carboxylic acids is 1. The van der Waals surface area contributed by atoms with Gasteiger partial charge in [0.2, 0.25) is 17.4 Å². The summed E-state index contributed by atoms with van der Waals surface area (Å²) in [6.45, 7) is -0.374. The molecule has 0 aliphatic carbocycles. The first-order valence-electron chi connectivity index (χ1n) is 12.9. The quantitative estimate of drug-likeness (QED) is 0.0558. The molecule has 4 amide bonds. The average Bonchev–Trinajstić information content (AvgIpc) is 3.43. The number of nitrogens with zero attached hydrogens (tertiary/aromatic N) is 4. The Kier molecular flexibility index (Phi) is 9.64. The molecule has 3 heterocycles. The molecule has 17 nitrogen and oxygen atoms in total. The van der Waals surface area contributed by atoms with Gasteiger partial charge in [0, 0.05) is 31.5 Å². The van der Waals surface area contributed by atoms with Gasteiger partial charge in [-0.25, -0.2) is 14.6 Å². The number of thiazole rings is 1. The fraction of sp³-hybridized carbons (Fsp3) is 0.269. The molecule has 4 rings (SSSR count). The Morgan fingerprint density at radius 1 is 1.20 bits per heavy atom. The fourth-order valence-corrected chi connectivity index (χ4v) is 4.69. The summed E-state index contributed by atoms with van der Waals surface area (Å²) in [7, 11) is 1.47. The number of hydrogen-bond donors (Lipinski definition) is 7. The Morgan fingerprint density at radius 3 is 2.59 bits per heavy atom. The number of hydrogen-bond acceptors (Lipinski definition) is 12. The van der Waals surface area contributed by atoms with Crippen LogP contribution in [0.1, 0.15) is 17.0 Å². The summed E-state index contributed by atoms with van der Waals surface area (Å²) >= 11 is 1.01. The van der Waals surface area contributed by atoms with Gasteiger partial charge in [-0.2, -0.15) is 4.73 Å². The molecule has 0 unspecified atom stereocenters. The van der Waals surface area contributed by atoms with E-state index in [0.717, 1.165) is 23.6 Å². The van der Waals surface area contributed by atoms with Gasteiger partial charge in [-0.05, 0) is 5.56 Å². The number of aromatic nitrogens is 2. The van der Waals surface area contributed by atoms with E-state index in [-0.39, 0.29) is 36.0 Å². The molecule has 8 N–H and O–H groups in total. The van der Waals surface area contributed by atoms with Crippen molar-refractivity contribution in [3.63, 3.8) is 0 Å². The predicted molar refractivity (Wildman–Crippen MR) is 154 cm³/mol. The van der Waals surface area contributed by atoms with Crippen LogP contribution in [0.4, 0.5) is 9.93 Å². The number of benzene rings is 1. The highest BCUT2D eigenvalue weighted by atomic mass is 32.1. The Bertz CT molecular complexity index is 1640. The van der Waals surface area contributed by atoms with E-state index in [4.69, 9.17) is 10.6 Å². The van der Waals surface area contributed by atoms with Crippen molar-refractivity contribution in [1.29, 1.82) is 0 Å². The molecule has 1 fully saturated rings. The van der Waals surface area contributed by atoms with Crippen LogP contribution in [-0.4, -0.2) is 91.3 Å². The first-order chi connectivity index (χ1) is 20.9. The summed E-state index contributed by atoms with van der Waals surface area (Å²) in [4.78, 5) is 72.2. The van der Waals surface area contributed by atoms with Crippen LogP contribution in [0.2, 0.25) is 0 Å². The number of carboxylic acids is 1. The molecular formula is C26H28N8O9S. The summed E-state index contributed by atoms with van der Waals surface area (Å²) in [5, 5.41) is 41.6. The van der Waals surface area contributed by atoms with Crippen molar-refractivity contribution in [2.75, 3.05) is 19.3 Å². The molecule has 1 saturated heterocycles. The van der Waals surface area contributed by atoms with Gasteiger partial charge in [-0.15, -0.1) is 11.3 Å². The number of urea groups is 1. The lowest BCUT2D eigenvalue weighted by Crippen LogP contribution is -2.72. The van der Waals surface area contributed by atoms with Gasteiger partial charge in [-0.3, -0.25) is 14.4 Å². The molecule has 232 valence electrons. The molecule has 1 aliphatic rings. The number of carbonyl (C=O) groups excluding carboxylic acids is 3. The molecule has 3 aromatic rings. The van der Waals surface area contributed by atoms with Crippen molar-refractivity contribution in [3.05, 3.63) is 75.1 Å². The smallest absolute Gasteiger partial charge is 0.348 e. The number of anilines is 1. The van der Waals surface area contributed by atoms with E-state index in [1.165, 1.54) is 17.3 Å². The van der Waals surface area contributed by atoms with Crippen molar-refractivity contribution >= 4 is 46.0 Å². The second-order valence-corrected chi connectivity index (χ2v) is 10.4.